The van der Waals surface area contributed by atoms with Gasteiger partial charge in [-0.05, 0) is 0 Å². The summed E-state index contributed by atoms with van der Waals surface area (Å²) >= 11 is 0. The van der Waals surface area contributed by atoms with Crippen LogP contribution in [0.25, 0.3) is 0 Å². The van der Waals surface area contributed by atoms with Crippen molar-refractivity contribution in [1.29, 1.82) is 0 Å². The largest absolute Gasteiger partial charge is 0.432 e. The number of rotatable bonds is 4. The molecule has 0 amide bonds. The first kappa shape index (κ1) is 20.6. The fourth-order valence-electron chi connectivity index (χ4n) is 1.46. The van der Waals surface area contributed by atoms with Crippen LogP contribution in [0.2, 0.25) is 0 Å². The zero-order chi connectivity index (χ0) is 19.3. The van der Waals surface area contributed by atoms with E-state index in [0.29, 0.717) is 12.4 Å². The van der Waals surface area contributed by atoms with Crippen LogP contribution in [0.1, 0.15) is 34.1 Å². The van der Waals surface area contributed by atoms with Gasteiger partial charge in [-0.1, -0.05) is 0 Å². The van der Waals surface area contributed by atoms with Crippen molar-refractivity contribution in [1.82, 2.24) is 19.9 Å². The topological polar surface area (TPSA) is 92.9 Å². The number of aromatic amines is 2. The molecule has 2 N–H and O–H groups in total. The van der Waals surface area contributed by atoms with Crippen molar-refractivity contribution in [3.05, 3.63) is 35.4 Å². The highest BCUT2D eigenvalue weighted by atomic mass is 19.4. The molecule has 2 aromatic heterocycles. The van der Waals surface area contributed by atoms with Gasteiger partial charge >= 0.3 is 12.4 Å². The maximum atomic E-state index is 12.1. The number of methoxy groups -OCH3 is 2. The number of halogens is 6. The molecule has 140 valence electrons. The van der Waals surface area contributed by atoms with Crippen LogP contribution in [-0.4, -0.2) is 40.4 Å². The van der Waals surface area contributed by atoms with Crippen molar-refractivity contribution in [2.24, 2.45) is 0 Å². The third-order valence-corrected chi connectivity index (χ3v) is 2.56. The molecule has 2 heterocycles. The SMILES string of the molecule is COC(OC)c1ncc(C(F)(F)F)[nH]1.O=Cc1ncc(C(F)(F)F)[nH]1. The lowest BCUT2D eigenvalue weighted by molar-refractivity contribution is -0.142. The van der Waals surface area contributed by atoms with E-state index in [1.54, 1.807) is 4.98 Å². The minimum atomic E-state index is -4.46. The molecule has 0 atom stereocenters. The number of H-pyrrole nitrogens is 2. The number of hydrogen-bond acceptors (Lipinski definition) is 5. The van der Waals surface area contributed by atoms with Gasteiger partial charge in [0.15, 0.2) is 17.9 Å². The fraction of sp³-hybridized carbons (Fsp3) is 0.417. The Morgan fingerprint density at radius 1 is 0.960 bits per heavy atom. The lowest BCUT2D eigenvalue weighted by Gasteiger charge is -2.09. The van der Waals surface area contributed by atoms with Gasteiger partial charge in [-0.25, -0.2) is 9.97 Å². The number of hydrogen-bond donors (Lipinski definition) is 2. The zero-order valence-electron chi connectivity index (χ0n) is 12.7. The average Bonchev–Trinajstić information content (AvgIpc) is 3.17. The standard InChI is InChI=1S/C7H9F3N2O2.C5H3F3N2O/c1-13-6(14-2)5-11-3-4(12-5)7(8,9)10;6-5(7,8)3-1-9-4(2-11)10-3/h3,6H,1-2H3,(H,11,12);1-2H,(H,9,10). The number of carbonyl (C=O) groups is 1. The summed E-state index contributed by atoms with van der Waals surface area (Å²) in [4.78, 5) is 20.4. The summed E-state index contributed by atoms with van der Waals surface area (Å²) in [6.45, 7) is 0. The number of alkyl halides is 6. The van der Waals surface area contributed by atoms with Crippen molar-refractivity contribution in [3.8, 4) is 0 Å². The highest BCUT2D eigenvalue weighted by Crippen LogP contribution is 2.28. The Kier molecular flexibility index (Phi) is 6.70. The van der Waals surface area contributed by atoms with Crippen LogP contribution >= 0.6 is 0 Å². The van der Waals surface area contributed by atoms with Crippen molar-refractivity contribution in [3.63, 3.8) is 0 Å². The lowest BCUT2D eigenvalue weighted by atomic mass is 10.5. The van der Waals surface area contributed by atoms with Gasteiger partial charge in [-0.3, -0.25) is 4.79 Å². The van der Waals surface area contributed by atoms with Gasteiger partial charge in [0.25, 0.3) is 0 Å². The minimum absolute atomic E-state index is 0.0117. The van der Waals surface area contributed by atoms with E-state index in [1.165, 1.54) is 14.2 Å². The molecule has 0 bridgehead atoms. The second kappa shape index (κ2) is 8.11. The Balaban J connectivity index is 0.000000257. The van der Waals surface area contributed by atoms with Gasteiger partial charge in [-0.15, -0.1) is 0 Å². The highest BCUT2D eigenvalue weighted by molar-refractivity contribution is 5.68. The second-order valence-electron chi connectivity index (χ2n) is 4.28. The lowest BCUT2D eigenvalue weighted by Crippen LogP contribution is -2.08. The van der Waals surface area contributed by atoms with Crippen LogP contribution in [0.3, 0.4) is 0 Å². The Labute approximate surface area is 136 Å². The second-order valence-corrected chi connectivity index (χ2v) is 4.28. The van der Waals surface area contributed by atoms with Crippen LogP contribution in [-0.2, 0) is 21.8 Å². The summed E-state index contributed by atoms with van der Waals surface area (Å²) in [6, 6.07) is 0. The molecular weight excluding hydrogens is 362 g/mol. The van der Waals surface area contributed by atoms with E-state index >= 15 is 0 Å². The summed E-state index contributed by atoms with van der Waals surface area (Å²) < 4.78 is 81.1. The van der Waals surface area contributed by atoms with Gasteiger partial charge in [0.1, 0.15) is 11.4 Å². The number of ether oxygens (including phenoxy) is 2. The minimum Gasteiger partial charge on any atom is -0.349 e. The monoisotopic (exact) mass is 374 g/mol. The van der Waals surface area contributed by atoms with Gasteiger partial charge < -0.3 is 19.4 Å². The van der Waals surface area contributed by atoms with Crippen LogP contribution in [0.15, 0.2) is 12.4 Å². The first-order valence-corrected chi connectivity index (χ1v) is 6.28. The van der Waals surface area contributed by atoms with E-state index in [-0.39, 0.29) is 17.9 Å². The predicted octanol–water partition coefficient (Wildman–Crippen LogP) is 2.96. The molecule has 0 saturated heterocycles. The van der Waals surface area contributed by atoms with E-state index in [0.717, 1.165) is 0 Å². The molecule has 13 heteroatoms. The Bertz CT molecular complexity index is 675. The molecule has 0 aromatic carbocycles. The number of carbonyl (C=O) groups excluding carboxylic acids is 1. The fourth-order valence-corrected chi connectivity index (χ4v) is 1.46. The third kappa shape index (κ3) is 5.86. The third-order valence-electron chi connectivity index (χ3n) is 2.56. The summed E-state index contributed by atoms with van der Waals surface area (Å²) in [6.07, 6.45) is -8.32. The first-order chi connectivity index (χ1) is 11.5. The maximum Gasteiger partial charge on any atom is 0.432 e. The Hall–Kier alpha value is -2.41. The van der Waals surface area contributed by atoms with Gasteiger partial charge in [0.05, 0.1) is 12.4 Å². The molecular formula is C12H12F6N4O3. The number of nitrogens with zero attached hydrogens (tertiary/aromatic N) is 2. The summed E-state index contributed by atoms with van der Waals surface area (Å²) in [5.74, 6) is -0.334. The van der Waals surface area contributed by atoms with Crippen LogP contribution in [0.5, 0.6) is 0 Å². The Morgan fingerprint density at radius 3 is 1.76 bits per heavy atom. The molecule has 0 aliphatic heterocycles. The van der Waals surface area contributed by atoms with Crippen molar-refractivity contribution < 1.29 is 40.6 Å². The highest BCUT2D eigenvalue weighted by Gasteiger charge is 2.34. The smallest absolute Gasteiger partial charge is 0.349 e. The van der Waals surface area contributed by atoms with E-state index < -0.39 is 30.0 Å². The molecule has 0 aliphatic carbocycles. The molecule has 2 rings (SSSR count). The molecule has 0 spiro atoms. The van der Waals surface area contributed by atoms with Crippen LogP contribution in [0.4, 0.5) is 26.3 Å². The van der Waals surface area contributed by atoms with Crippen molar-refractivity contribution in [2.45, 2.75) is 18.6 Å². The van der Waals surface area contributed by atoms with Crippen LogP contribution < -0.4 is 0 Å². The molecule has 7 nitrogen and oxygen atoms in total. The molecule has 0 saturated carbocycles. The van der Waals surface area contributed by atoms with Crippen molar-refractivity contribution >= 4 is 6.29 Å². The summed E-state index contributed by atoms with van der Waals surface area (Å²) in [5, 5.41) is 0. The number of imidazole rings is 2. The molecule has 2 aromatic rings. The molecule has 0 radical (unpaired) electrons. The number of nitrogens with one attached hydrogen (secondary N) is 2. The molecule has 25 heavy (non-hydrogen) atoms. The van der Waals surface area contributed by atoms with Crippen LogP contribution in [0, 0.1) is 0 Å². The first-order valence-electron chi connectivity index (χ1n) is 6.28. The predicted molar refractivity (Wildman–Crippen MR) is 69.3 cm³/mol. The molecule has 0 unspecified atom stereocenters. The normalized spacial score (nSPS) is 12.0. The van der Waals surface area contributed by atoms with E-state index in [2.05, 4.69) is 15.0 Å². The molecule has 0 fully saturated rings. The number of aldehydes is 1. The maximum absolute atomic E-state index is 12.1. The van der Waals surface area contributed by atoms with Gasteiger partial charge in [-0.2, -0.15) is 26.3 Å². The zero-order valence-corrected chi connectivity index (χ0v) is 12.7. The van der Waals surface area contributed by atoms with E-state index in [1.807, 2.05) is 0 Å². The summed E-state index contributed by atoms with van der Waals surface area (Å²) in [7, 11) is 2.62. The number of aromatic nitrogens is 4. The quantitative estimate of drug-likeness (QED) is 0.488. The summed E-state index contributed by atoms with van der Waals surface area (Å²) in [5.41, 5.74) is -1.94. The van der Waals surface area contributed by atoms with Gasteiger partial charge in [0.2, 0.25) is 6.29 Å². The van der Waals surface area contributed by atoms with Crippen molar-refractivity contribution in [2.75, 3.05) is 14.2 Å². The van der Waals surface area contributed by atoms with E-state index in [9.17, 15) is 31.1 Å². The van der Waals surface area contributed by atoms with E-state index in [4.69, 9.17) is 9.47 Å². The molecule has 0 aliphatic rings. The van der Waals surface area contributed by atoms with Gasteiger partial charge in [0, 0.05) is 14.2 Å². The Morgan fingerprint density at radius 2 is 1.44 bits per heavy atom. The average molecular weight is 374 g/mol.